The third-order valence-corrected chi connectivity index (χ3v) is 4.95. The molecule has 3 rings (SSSR count). The number of aryl methyl sites for hydroxylation is 2. The van der Waals surface area contributed by atoms with E-state index in [1.807, 2.05) is 11.7 Å². The molecular weight excluding hydrogens is 451 g/mol. The minimum absolute atomic E-state index is 0. The number of halogens is 1. The Bertz CT molecular complexity index is 722. The Balaban J connectivity index is 0.00000261. The number of rotatable bonds is 6. The molecule has 0 saturated heterocycles. The van der Waals surface area contributed by atoms with Gasteiger partial charge < -0.3 is 10.6 Å². The van der Waals surface area contributed by atoms with Crippen molar-refractivity contribution in [1.29, 1.82) is 0 Å². The normalized spacial score (nSPS) is 16.6. The highest BCUT2D eigenvalue weighted by Gasteiger charge is 2.20. The number of aliphatic imine (C=N–C) groups is 1. The molecule has 1 atom stereocenters. The van der Waals surface area contributed by atoms with E-state index < -0.39 is 0 Å². The second kappa shape index (κ2) is 10.6. The number of nitrogens with zero attached hydrogens (tertiary/aromatic N) is 4. The molecule has 2 N–H and O–H groups in total. The zero-order chi connectivity index (χ0) is 18.4. The molecule has 0 aliphatic carbocycles. The maximum absolute atomic E-state index is 4.35. The van der Waals surface area contributed by atoms with E-state index in [4.69, 9.17) is 0 Å². The summed E-state index contributed by atoms with van der Waals surface area (Å²) >= 11 is 0. The lowest BCUT2D eigenvalue weighted by Crippen LogP contribution is -2.47. The van der Waals surface area contributed by atoms with E-state index >= 15 is 0 Å². The molecule has 0 radical (unpaired) electrons. The van der Waals surface area contributed by atoms with E-state index in [0.717, 1.165) is 50.6 Å². The van der Waals surface area contributed by atoms with Gasteiger partial charge in [0.05, 0.1) is 6.54 Å². The lowest BCUT2D eigenvalue weighted by molar-refractivity contribution is 0.392. The van der Waals surface area contributed by atoms with Crippen LogP contribution in [-0.4, -0.2) is 40.4 Å². The van der Waals surface area contributed by atoms with Gasteiger partial charge in [0.15, 0.2) is 5.96 Å². The number of aromatic nitrogens is 3. The highest BCUT2D eigenvalue weighted by molar-refractivity contribution is 14.0. The van der Waals surface area contributed by atoms with Gasteiger partial charge in [0.25, 0.3) is 0 Å². The van der Waals surface area contributed by atoms with Gasteiger partial charge in [0.1, 0.15) is 12.2 Å². The van der Waals surface area contributed by atoms with Crippen LogP contribution in [0.1, 0.15) is 49.6 Å². The topological polar surface area (TPSA) is 67.1 Å². The molecule has 1 aromatic heterocycles. The molecule has 1 aliphatic rings. The van der Waals surface area contributed by atoms with Gasteiger partial charge in [-0.3, -0.25) is 4.99 Å². The van der Waals surface area contributed by atoms with Crippen LogP contribution >= 0.6 is 24.0 Å². The van der Waals surface area contributed by atoms with Crippen LogP contribution < -0.4 is 10.6 Å². The fraction of sp³-hybridized carbons (Fsp3) is 0.550. The first kappa shape index (κ1) is 21.7. The number of nitrogens with one attached hydrogen (secondary N) is 2. The van der Waals surface area contributed by atoms with Gasteiger partial charge in [-0.15, -0.1) is 24.0 Å². The van der Waals surface area contributed by atoms with Crippen LogP contribution in [0.15, 0.2) is 35.6 Å². The Morgan fingerprint density at radius 1 is 1.30 bits per heavy atom. The Morgan fingerprint density at radius 3 is 2.78 bits per heavy atom. The Hall–Kier alpha value is -1.64. The van der Waals surface area contributed by atoms with Crippen LogP contribution in [0, 0.1) is 0 Å². The third kappa shape index (κ3) is 6.19. The van der Waals surface area contributed by atoms with Crippen molar-refractivity contribution in [1.82, 2.24) is 25.4 Å². The molecule has 27 heavy (non-hydrogen) atoms. The molecule has 148 valence electrons. The van der Waals surface area contributed by atoms with Crippen LogP contribution in [0.2, 0.25) is 0 Å². The van der Waals surface area contributed by atoms with Gasteiger partial charge in [-0.2, -0.15) is 5.10 Å². The van der Waals surface area contributed by atoms with Gasteiger partial charge >= 0.3 is 0 Å². The van der Waals surface area contributed by atoms with Crippen LogP contribution in [0.3, 0.4) is 0 Å². The van der Waals surface area contributed by atoms with Gasteiger partial charge in [-0.1, -0.05) is 38.1 Å². The van der Waals surface area contributed by atoms with Gasteiger partial charge in [0.2, 0.25) is 0 Å². The second-order valence-electron chi connectivity index (χ2n) is 7.24. The molecule has 2 heterocycles. The quantitative estimate of drug-likeness (QED) is 0.288. The van der Waals surface area contributed by atoms with Gasteiger partial charge in [-0.05, 0) is 36.3 Å². The molecule has 0 saturated carbocycles. The van der Waals surface area contributed by atoms with E-state index in [1.54, 1.807) is 6.33 Å². The fourth-order valence-corrected chi connectivity index (χ4v) is 3.31. The average molecular weight is 482 g/mol. The number of hydrogen-bond acceptors (Lipinski definition) is 3. The Labute approximate surface area is 179 Å². The molecule has 0 fully saturated rings. The Morgan fingerprint density at radius 2 is 2.07 bits per heavy atom. The predicted molar refractivity (Wildman–Crippen MR) is 121 cm³/mol. The van der Waals surface area contributed by atoms with Crippen molar-refractivity contribution in [3.05, 3.63) is 47.5 Å². The summed E-state index contributed by atoms with van der Waals surface area (Å²) in [6, 6.07) is 9.34. The lowest BCUT2D eigenvalue weighted by atomic mass is 10.0. The monoisotopic (exact) mass is 482 g/mol. The van der Waals surface area contributed by atoms with Gasteiger partial charge in [-0.25, -0.2) is 9.67 Å². The van der Waals surface area contributed by atoms with E-state index in [2.05, 4.69) is 63.8 Å². The first-order valence-electron chi connectivity index (χ1n) is 9.58. The number of fused-ring (bicyclic) bond motifs is 1. The summed E-state index contributed by atoms with van der Waals surface area (Å²) in [5, 5.41) is 11.2. The summed E-state index contributed by atoms with van der Waals surface area (Å²) < 4.78 is 1.98. The minimum atomic E-state index is 0. The van der Waals surface area contributed by atoms with Gasteiger partial charge in [0, 0.05) is 26.1 Å². The molecule has 1 unspecified atom stereocenters. The largest absolute Gasteiger partial charge is 0.356 e. The second-order valence-corrected chi connectivity index (χ2v) is 7.24. The van der Waals surface area contributed by atoms with E-state index in [1.165, 1.54) is 11.1 Å². The number of benzene rings is 1. The van der Waals surface area contributed by atoms with Crippen LogP contribution in [0.25, 0.3) is 0 Å². The van der Waals surface area contributed by atoms with E-state index in [-0.39, 0.29) is 24.0 Å². The first-order valence-corrected chi connectivity index (χ1v) is 9.58. The average Bonchev–Trinajstić information content (AvgIpc) is 3.12. The lowest BCUT2D eigenvalue weighted by Gasteiger charge is -2.25. The number of hydrogen-bond donors (Lipinski definition) is 2. The zero-order valence-corrected chi connectivity index (χ0v) is 18.8. The molecule has 0 bridgehead atoms. The van der Waals surface area contributed by atoms with Crippen molar-refractivity contribution in [3.63, 3.8) is 0 Å². The summed E-state index contributed by atoms with van der Waals surface area (Å²) in [6.07, 6.45) is 5.81. The van der Waals surface area contributed by atoms with E-state index in [9.17, 15) is 0 Å². The smallest absolute Gasteiger partial charge is 0.191 e. The predicted octanol–water partition coefficient (Wildman–Crippen LogP) is 3.13. The third-order valence-electron chi connectivity index (χ3n) is 4.95. The van der Waals surface area contributed by atoms with Crippen molar-refractivity contribution in [2.24, 2.45) is 4.99 Å². The molecule has 1 aromatic carbocycles. The first-order chi connectivity index (χ1) is 12.7. The standard InChI is InChI=1S/C20H30N6.HI/c1-15(2)17-8-6-16(7-9-17)5-4-12-22-20(21-3)25-18-10-11-19-23-14-24-26(19)13-18;/h6-9,14-15,18H,4-5,10-13H2,1-3H3,(H2,21,22,25);1H. The van der Waals surface area contributed by atoms with Crippen molar-refractivity contribution >= 4 is 29.9 Å². The summed E-state index contributed by atoms with van der Waals surface area (Å²) in [5.41, 5.74) is 2.80. The maximum Gasteiger partial charge on any atom is 0.191 e. The van der Waals surface area contributed by atoms with Crippen LogP contribution in [-0.2, 0) is 19.4 Å². The minimum Gasteiger partial charge on any atom is -0.356 e. The summed E-state index contributed by atoms with van der Waals surface area (Å²) in [7, 11) is 1.82. The molecule has 2 aromatic rings. The molecule has 0 spiro atoms. The van der Waals surface area contributed by atoms with E-state index in [0.29, 0.717) is 12.0 Å². The zero-order valence-electron chi connectivity index (χ0n) is 16.5. The highest BCUT2D eigenvalue weighted by Crippen LogP contribution is 2.15. The molecule has 6 nitrogen and oxygen atoms in total. The molecule has 0 amide bonds. The Kier molecular flexibility index (Phi) is 8.53. The van der Waals surface area contributed by atoms with Crippen molar-refractivity contribution < 1.29 is 0 Å². The molecule has 1 aliphatic heterocycles. The maximum atomic E-state index is 4.35. The fourth-order valence-electron chi connectivity index (χ4n) is 3.31. The summed E-state index contributed by atoms with van der Waals surface area (Å²) in [6.45, 7) is 6.21. The summed E-state index contributed by atoms with van der Waals surface area (Å²) in [4.78, 5) is 8.62. The number of guanidine groups is 1. The molecular formula is C20H31IN6. The van der Waals surface area contributed by atoms with Crippen molar-refractivity contribution in [2.45, 2.75) is 58.0 Å². The van der Waals surface area contributed by atoms with Crippen LogP contribution in [0.4, 0.5) is 0 Å². The summed E-state index contributed by atoms with van der Waals surface area (Å²) in [5.74, 6) is 2.54. The highest BCUT2D eigenvalue weighted by atomic mass is 127. The SMILES string of the molecule is CN=C(NCCCc1ccc(C(C)C)cc1)NC1CCc2ncnn2C1.I. The van der Waals surface area contributed by atoms with Crippen molar-refractivity contribution in [3.8, 4) is 0 Å². The van der Waals surface area contributed by atoms with Crippen molar-refractivity contribution in [2.75, 3.05) is 13.6 Å². The molecule has 7 heteroatoms. The van der Waals surface area contributed by atoms with Crippen LogP contribution in [0.5, 0.6) is 0 Å².